The number of nitrogens with one attached hydrogen (secondary N) is 1. The Morgan fingerprint density at radius 2 is 2.32 bits per heavy atom. The van der Waals surface area contributed by atoms with Gasteiger partial charge in [0.2, 0.25) is 0 Å². The number of β-amino-alcohol motifs (C(OH)–C–C–N with tert-alkyl or cyclic N) is 1. The van der Waals surface area contributed by atoms with Gasteiger partial charge >= 0.3 is 5.69 Å². The Hall–Kier alpha value is -1.77. The average Bonchev–Trinajstić information content (AvgIpc) is 2.95. The lowest BCUT2D eigenvalue weighted by atomic mass is 10.1. The van der Waals surface area contributed by atoms with Gasteiger partial charge in [0.25, 0.3) is 0 Å². The number of likely N-dealkylation sites (tertiary alicyclic amines) is 1. The quantitative estimate of drug-likeness (QED) is 0.604. The summed E-state index contributed by atoms with van der Waals surface area (Å²) in [7, 11) is 0. The van der Waals surface area contributed by atoms with Crippen molar-refractivity contribution in [2.75, 3.05) is 19.7 Å². The van der Waals surface area contributed by atoms with Gasteiger partial charge in [0.05, 0.1) is 18.6 Å². The van der Waals surface area contributed by atoms with Crippen LogP contribution in [-0.2, 0) is 6.54 Å². The van der Waals surface area contributed by atoms with Gasteiger partial charge in [0.15, 0.2) is 5.65 Å². The number of H-pyrrole nitrogens is 1. The number of aliphatic hydroxyl groups is 2. The maximum absolute atomic E-state index is 11.5. The van der Waals surface area contributed by atoms with Gasteiger partial charge in [-0.15, -0.1) is 0 Å². The zero-order valence-electron chi connectivity index (χ0n) is 10.2. The zero-order chi connectivity index (χ0) is 13.4. The van der Waals surface area contributed by atoms with E-state index in [-0.39, 0.29) is 18.2 Å². The second kappa shape index (κ2) is 4.72. The minimum atomic E-state index is -0.511. The monoisotopic (exact) mass is 265 g/mol. The highest BCUT2D eigenvalue weighted by molar-refractivity contribution is 5.44. The molecule has 3 N–H and O–H groups in total. The smallest absolute Gasteiger partial charge is 0.349 e. The number of fused-ring (bicyclic) bond motifs is 1. The molecule has 0 aliphatic carbocycles. The van der Waals surface area contributed by atoms with Crippen molar-refractivity contribution in [1.82, 2.24) is 24.5 Å². The molecule has 0 amide bonds. The summed E-state index contributed by atoms with van der Waals surface area (Å²) in [6.45, 7) is 1.65. The largest absolute Gasteiger partial charge is 0.396 e. The Kier molecular flexibility index (Phi) is 3.05. The number of aromatic nitrogens is 4. The van der Waals surface area contributed by atoms with Crippen LogP contribution in [0.15, 0.2) is 17.3 Å². The van der Waals surface area contributed by atoms with E-state index in [0.29, 0.717) is 25.3 Å². The molecule has 8 heteroatoms. The summed E-state index contributed by atoms with van der Waals surface area (Å²) in [6, 6.07) is 0. The van der Waals surface area contributed by atoms with Crippen molar-refractivity contribution < 1.29 is 10.2 Å². The number of nitrogens with zero attached hydrogens (tertiary/aromatic N) is 4. The lowest BCUT2D eigenvalue weighted by molar-refractivity contribution is 0.103. The Morgan fingerprint density at radius 3 is 3.05 bits per heavy atom. The fraction of sp³-hybridized carbons (Fsp3) is 0.545. The molecule has 19 heavy (non-hydrogen) atoms. The highest BCUT2D eigenvalue weighted by Crippen LogP contribution is 2.19. The van der Waals surface area contributed by atoms with Gasteiger partial charge in [-0.25, -0.2) is 9.78 Å². The van der Waals surface area contributed by atoms with Crippen molar-refractivity contribution in [3.05, 3.63) is 28.6 Å². The Bertz CT molecular complexity index is 637. The van der Waals surface area contributed by atoms with Gasteiger partial charge in [-0.1, -0.05) is 0 Å². The van der Waals surface area contributed by atoms with Crippen LogP contribution in [0.25, 0.3) is 5.65 Å². The fourth-order valence-electron chi connectivity index (χ4n) is 2.47. The van der Waals surface area contributed by atoms with E-state index in [1.54, 1.807) is 6.20 Å². The van der Waals surface area contributed by atoms with Gasteiger partial charge in [0, 0.05) is 37.7 Å². The molecule has 0 aromatic carbocycles. The summed E-state index contributed by atoms with van der Waals surface area (Å²) in [5.74, 6) is -0.113. The molecule has 1 aliphatic rings. The minimum absolute atomic E-state index is 0.0235. The van der Waals surface area contributed by atoms with E-state index in [1.165, 1.54) is 10.8 Å². The molecule has 1 aliphatic heterocycles. The molecule has 2 aromatic heterocycles. The van der Waals surface area contributed by atoms with Crippen LogP contribution in [-0.4, -0.2) is 60.5 Å². The average molecular weight is 265 g/mol. The fourth-order valence-corrected chi connectivity index (χ4v) is 2.47. The van der Waals surface area contributed by atoms with E-state index >= 15 is 0 Å². The maximum atomic E-state index is 11.5. The second-order valence-corrected chi connectivity index (χ2v) is 4.82. The number of rotatable bonds is 3. The molecule has 102 valence electrons. The van der Waals surface area contributed by atoms with E-state index < -0.39 is 6.10 Å². The van der Waals surface area contributed by atoms with E-state index in [1.807, 2.05) is 4.90 Å². The van der Waals surface area contributed by atoms with Crippen LogP contribution < -0.4 is 5.69 Å². The minimum Gasteiger partial charge on any atom is -0.396 e. The van der Waals surface area contributed by atoms with Crippen LogP contribution in [0.5, 0.6) is 0 Å². The normalized spacial score (nSPS) is 24.3. The van der Waals surface area contributed by atoms with Crippen LogP contribution >= 0.6 is 0 Å². The summed E-state index contributed by atoms with van der Waals surface area (Å²) in [5.41, 5.74) is 1.02. The Labute approximate surface area is 108 Å². The summed E-state index contributed by atoms with van der Waals surface area (Å²) in [5, 5.41) is 22.9. The topological polar surface area (TPSA) is 107 Å². The SMILES string of the molecule is O=c1[nH]cnc2c(CN3C[C@H](CO)[C@@H](O)C3)cnn12. The van der Waals surface area contributed by atoms with Gasteiger partial charge in [-0.05, 0) is 0 Å². The van der Waals surface area contributed by atoms with Crippen molar-refractivity contribution in [3.63, 3.8) is 0 Å². The van der Waals surface area contributed by atoms with Gasteiger partial charge in [-0.2, -0.15) is 9.61 Å². The van der Waals surface area contributed by atoms with E-state index in [0.717, 1.165) is 5.56 Å². The van der Waals surface area contributed by atoms with Crippen molar-refractivity contribution in [3.8, 4) is 0 Å². The first-order valence-corrected chi connectivity index (χ1v) is 6.10. The standard InChI is InChI=1S/C11H15N5O3/c17-5-8-3-15(4-9(8)18)2-7-1-14-16-10(7)12-6-13-11(16)19/h1,6,8-9,17-18H,2-5H2,(H,12,13,19)/t8-,9+/m1/s1. The predicted octanol–water partition coefficient (Wildman–Crippen LogP) is -1.80. The lowest BCUT2D eigenvalue weighted by Crippen LogP contribution is -2.22. The van der Waals surface area contributed by atoms with Crippen LogP contribution in [0.1, 0.15) is 5.56 Å². The van der Waals surface area contributed by atoms with E-state index in [4.69, 9.17) is 5.11 Å². The lowest BCUT2D eigenvalue weighted by Gasteiger charge is -2.13. The van der Waals surface area contributed by atoms with Gasteiger partial charge in [0.1, 0.15) is 0 Å². The Morgan fingerprint density at radius 1 is 1.47 bits per heavy atom. The third-order valence-electron chi connectivity index (χ3n) is 3.49. The summed E-state index contributed by atoms with van der Waals surface area (Å²) < 4.78 is 1.21. The molecule has 3 heterocycles. The molecule has 8 nitrogen and oxygen atoms in total. The summed E-state index contributed by atoms with van der Waals surface area (Å²) in [6.07, 6.45) is 2.44. The van der Waals surface area contributed by atoms with E-state index in [2.05, 4.69) is 15.1 Å². The molecule has 1 fully saturated rings. The van der Waals surface area contributed by atoms with Crippen LogP contribution in [0.4, 0.5) is 0 Å². The third kappa shape index (κ3) is 2.14. The molecule has 1 saturated heterocycles. The zero-order valence-corrected chi connectivity index (χ0v) is 10.2. The van der Waals surface area contributed by atoms with Crippen LogP contribution in [0, 0.1) is 5.92 Å². The molecule has 3 rings (SSSR count). The van der Waals surface area contributed by atoms with Crippen molar-refractivity contribution in [1.29, 1.82) is 0 Å². The van der Waals surface area contributed by atoms with E-state index in [9.17, 15) is 9.90 Å². The molecule has 0 spiro atoms. The molecular weight excluding hydrogens is 250 g/mol. The van der Waals surface area contributed by atoms with Gasteiger partial charge < -0.3 is 10.2 Å². The van der Waals surface area contributed by atoms with Crippen molar-refractivity contribution >= 4 is 5.65 Å². The van der Waals surface area contributed by atoms with Crippen molar-refractivity contribution in [2.45, 2.75) is 12.6 Å². The highest BCUT2D eigenvalue weighted by Gasteiger charge is 2.31. The summed E-state index contributed by atoms with van der Waals surface area (Å²) >= 11 is 0. The molecule has 2 atom stereocenters. The first-order valence-electron chi connectivity index (χ1n) is 6.10. The molecule has 0 saturated carbocycles. The molecule has 2 aromatic rings. The van der Waals surface area contributed by atoms with Crippen molar-refractivity contribution in [2.24, 2.45) is 5.92 Å². The Balaban J connectivity index is 1.83. The number of hydrogen-bond acceptors (Lipinski definition) is 6. The first kappa shape index (κ1) is 12.3. The molecule has 0 unspecified atom stereocenters. The molecular formula is C11H15N5O3. The first-order chi connectivity index (χ1) is 9.19. The third-order valence-corrected chi connectivity index (χ3v) is 3.49. The van der Waals surface area contributed by atoms with Gasteiger partial charge in [-0.3, -0.25) is 9.88 Å². The molecule has 0 radical (unpaired) electrons. The highest BCUT2D eigenvalue weighted by atomic mass is 16.3. The van der Waals surface area contributed by atoms with Crippen LogP contribution in [0.3, 0.4) is 0 Å². The predicted molar refractivity (Wildman–Crippen MR) is 65.5 cm³/mol. The maximum Gasteiger partial charge on any atom is 0.349 e. The summed E-state index contributed by atoms with van der Waals surface area (Å²) in [4.78, 5) is 20.1. The number of hydrogen-bond donors (Lipinski definition) is 3. The number of aliphatic hydroxyl groups excluding tert-OH is 2. The van der Waals surface area contributed by atoms with Crippen LogP contribution in [0.2, 0.25) is 0 Å². The number of aromatic amines is 1. The molecule has 0 bridgehead atoms. The second-order valence-electron chi connectivity index (χ2n) is 4.82.